The minimum absolute atomic E-state index is 0.0673. The number of aromatic nitrogens is 3. The first-order valence-electron chi connectivity index (χ1n) is 10.3. The number of ether oxygens (including phenoxy) is 1. The van der Waals surface area contributed by atoms with E-state index in [4.69, 9.17) is 16.3 Å². The second-order valence-corrected chi connectivity index (χ2v) is 8.27. The average molecular weight is 441 g/mol. The normalized spacial score (nSPS) is 14.6. The summed E-state index contributed by atoms with van der Waals surface area (Å²) in [4.78, 5) is 27.0. The zero-order valence-electron chi connectivity index (χ0n) is 17.6. The van der Waals surface area contributed by atoms with Gasteiger partial charge in [-0.05, 0) is 49.6 Å². The molecule has 31 heavy (non-hydrogen) atoms. The number of halogens is 1. The number of benzene rings is 2. The highest BCUT2D eigenvalue weighted by Crippen LogP contribution is 2.29. The monoisotopic (exact) mass is 440 g/mol. The van der Waals surface area contributed by atoms with Crippen LogP contribution in [0.15, 0.2) is 47.3 Å². The maximum Gasteiger partial charge on any atom is 0.347 e. The molecule has 8 heteroatoms. The lowest BCUT2D eigenvalue weighted by atomic mass is 9.95. The number of likely N-dealkylation sites (tertiary alicyclic amines) is 1. The Labute approximate surface area is 185 Å². The third-order valence-corrected chi connectivity index (χ3v) is 6.07. The Morgan fingerprint density at radius 1 is 1.19 bits per heavy atom. The van der Waals surface area contributed by atoms with Crippen molar-refractivity contribution in [2.75, 3.05) is 20.2 Å². The van der Waals surface area contributed by atoms with Gasteiger partial charge in [-0.3, -0.25) is 4.79 Å². The highest BCUT2D eigenvalue weighted by atomic mass is 35.5. The molecule has 1 aliphatic heterocycles. The number of carbonyl (C=O) groups is 1. The second-order valence-electron chi connectivity index (χ2n) is 7.86. The molecule has 2 aromatic carbocycles. The summed E-state index contributed by atoms with van der Waals surface area (Å²) in [5.74, 6) is 1.50. The first-order valence-corrected chi connectivity index (χ1v) is 10.7. The zero-order valence-corrected chi connectivity index (χ0v) is 18.4. The van der Waals surface area contributed by atoms with Crippen molar-refractivity contribution >= 4 is 17.5 Å². The maximum atomic E-state index is 12.8. The third-order valence-electron chi connectivity index (χ3n) is 5.77. The molecule has 1 N–H and O–H groups in total. The van der Waals surface area contributed by atoms with Crippen molar-refractivity contribution in [1.82, 2.24) is 19.7 Å². The van der Waals surface area contributed by atoms with Gasteiger partial charge in [0.1, 0.15) is 11.6 Å². The van der Waals surface area contributed by atoms with Crippen molar-refractivity contribution in [3.8, 4) is 11.4 Å². The zero-order chi connectivity index (χ0) is 22.0. The molecule has 0 spiro atoms. The molecular formula is C23H25ClN4O3. The van der Waals surface area contributed by atoms with Crippen LogP contribution in [0.5, 0.6) is 5.75 Å². The molecule has 0 atom stereocenters. The molecule has 0 saturated carbocycles. The Bertz CT molecular complexity index is 1130. The molecule has 2 heterocycles. The number of amides is 1. The van der Waals surface area contributed by atoms with Crippen LogP contribution in [0, 0.1) is 6.92 Å². The van der Waals surface area contributed by atoms with Crippen LogP contribution in [-0.2, 0) is 11.2 Å². The van der Waals surface area contributed by atoms with Crippen molar-refractivity contribution in [2.45, 2.75) is 32.1 Å². The van der Waals surface area contributed by atoms with Gasteiger partial charge in [-0.25, -0.2) is 14.5 Å². The first-order chi connectivity index (χ1) is 15.0. The molecule has 3 aromatic rings. The molecule has 0 aliphatic carbocycles. The average Bonchev–Trinajstić information content (AvgIpc) is 3.16. The van der Waals surface area contributed by atoms with E-state index >= 15 is 0 Å². The van der Waals surface area contributed by atoms with Gasteiger partial charge in [0.2, 0.25) is 5.91 Å². The van der Waals surface area contributed by atoms with E-state index in [9.17, 15) is 9.59 Å². The summed E-state index contributed by atoms with van der Waals surface area (Å²) in [6, 6.07) is 13.2. The van der Waals surface area contributed by atoms with Crippen molar-refractivity contribution in [2.24, 2.45) is 0 Å². The fraction of sp³-hybridized carbons (Fsp3) is 0.348. The topological polar surface area (TPSA) is 80.2 Å². The van der Waals surface area contributed by atoms with Gasteiger partial charge in [0.25, 0.3) is 0 Å². The van der Waals surface area contributed by atoms with Gasteiger partial charge in [-0.2, -0.15) is 5.10 Å². The van der Waals surface area contributed by atoms with E-state index in [1.165, 1.54) is 0 Å². The van der Waals surface area contributed by atoms with Crippen LogP contribution >= 0.6 is 11.6 Å². The fourth-order valence-corrected chi connectivity index (χ4v) is 4.30. The van der Waals surface area contributed by atoms with Crippen LogP contribution in [0.3, 0.4) is 0 Å². The highest BCUT2D eigenvalue weighted by molar-refractivity contribution is 6.32. The molecule has 4 rings (SSSR count). The number of carbonyl (C=O) groups excluding carboxylic acids is 1. The van der Waals surface area contributed by atoms with Crippen LogP contribution in [0.4, 0.5) is 0 Å². The Kier molecular flexibility index (Phi) is 6.13. The SMILES string of the molecule is COc1ccc(CC(=O)N2CCC(c3n[nH]c(=O)n3-c3ccc(C)cc3)CC2)cc1Cl. The number of nitrogens with one attached hydrogen (secondary N) is 1. The summed E-state index contributed by atoms with van der Waals surface area (Å²) < 4.78 is 6.80. The summed E-state index contributed by atoms with van der Waals surface area (Å²) in [5.41, 5.74) is 2.55. The molecule has 1 amide bonds. The lowest BCUT2D eigenvalue weighted by molar-refractivity contribution is -0.131. The quantitative estimate of drug-likeness (QED) is 0.658. The minimum Gasteiger partial charge on any atom is -0.495 e. The van der Waals surface area contributed by atoms with E-state index in [-0.39, 0.29) is 17.5 Å². The predicted octanol–water partition coefficient (Wildman–Crippen LogP) is 3.48. The van der Waals surface area contributed by atoms with Crippen molar-refractivity contribution in [1.29, 1.82) is 0 Å². The number of piperidine rings is 1. The number of aryl methyl sites for hydroxylation is 1. The van der Waals surface area contributed by atoms with Gasteiger partial charge in [0, 0.05) is 19.0 Å². The molecule has 0 bridgehead atoms. The van der Waals surface area contributed by atoms with Crippen LogP contribution < -0.4 is 10.4 Å². The molecule has 0 radical (unpaired) electrons. The summed E-state index contributed by atoms with van der Waals surface area (Å²) in [7, 11) is 1.56. The predicted molar refractivity (Wildman–Crippen MR) is 119 cm³/mol. The van der Waals surface area contributed by atoms with Crippen LogP contribution in [0.25, 0.3) is 5.69 Å². The number of hydrogen-bond donors (Lipinski definition) is 1. The summed E-state index contributed by atoms with van der Waals surface area (Å²) in [6.45, 7) is 3.26. The van der Waals surface area contributed by atoms with E-state index in [2.05, 4.69) is 10.2 Å². The Hall–Kier alpha value is -3.06. The van der Waals surface area contributed by atoms with Crippen LogP contribution in [0.1, 0.15) is 35.7 Å². The van der Waals surface area contributed by atoms with Gasteiger partial charge in [-0.15, -0.1) is 0 Å². The maximum absolute atomic E-state index is 12.8. The number of nitrogens with zero attached hydrogens (tertiary/aromatic N) is 3. The molecule has 1 aromatic heterocycles. The van der Waals surface area contributed by atoms with Crippen LogP contribution in [0.2, 0.25) is 5.02 Å². The van der Waals surface area contributed by atoms with Crippen molar-refractivity contribution in [3.05, 3.63) is 74.9 Å². The van der Waals surface area contributed by atoms with Crippen LogP contribution in [-0.4, -0.2) is 45.8 Å². The molecule has 0 unspecified atom stereocenters. The van der Waals surface area contributed by atoms with Gasteiger partial charge in [0.05, 0.1) is 24.2 Å². The number of hydrogen-bond acceptors (Lipinski definition) is 4. The Balaban J connectivity index is 1.42. The van der Waals surface area contributed by atoms with Gasteiger partial charge in [0.15, 0.2) is 0 Å². The molecule has 1 saturated heterocycles. The lowest BCUT2D eigenvalue weighted by Gasteiger charge is -2.31. The summed E-state index contributed by atoms with van der Waals surface area (Å²) in [6.07, 6.45) is 1.81. The molecule has 7 nitrogen and oxygen atoms in total. The molecule has 162 valence electrons. The van der Waals surface area contributed by atoms with E-state index in [1.54, 1.807) is 23.8 Å². The number of aromatic amines is 1. The van der Waals surface area contributed by atoms with Crippen molar-refractivity contribution in [3.63, 3.8) is 0 Å². The molecule has 1 aliphatic rings. The second kappa shape index (κ2) is 8.98. The Morgan fingerprint density at radius 2 is 1.90 bits per heavy atom. The van der Waals surface area contributed by atoms with Gasteiger partial charge >= 0.3 is 5.69 Å². The van der Waals surface area contributed by atoms with E-state index in [1.807, 2.05) is 42.2 Å². The van der Waals surface area contributed by atoms with Crippen molar-refractivity contribution < 1.29 is 9.53 Å². The first kappa shape index (κ1) is 21.2. The molecule has 1 fully saturated rings. The van der Waals surface area contributed by atoms with Gasteiger partial charge < -0.3 is 9.64 Å². The summed E-state index contributed by atoms with van der Waals surface area (Å²) in [5, 5.41) is 7.38. The minimum atomic E-state index is -0.242. The van der Waals surface area contributed by atoms with E-state index < -0.39 is 0 Å². The highest BCUT2D eigenvalue weighted by Gasteiger charge is 2.28. The Morgan fingerprint density at radius 3 is 2.55 bits per heavy atom. The van der Waals surface area contributed by atoms with E-state index in [0.717, 1.165) is 35.5 Å². The van der Waals surface area contributed by atoms with E-state index in [0.29, 0.717) is 30.3 Å². The fourth-order valence-electron chi connectivity index (χ4n) is 4.02. The molecular weight excluding hydrogens is 416 g/mol. The largest absolute Gasteiger partial charge is 0.495 e. The number of methoxy groups -OCH3 is 1. The number of rotatable bonds is 5. The number of H-pyrrole nitrogens is 1. The third kappa shape index (κ3) is 4.51. The smallest absolute Gasteiger partial charge is 0.347 e. The summed E-state index contributed by atoms with van der Waals surface area (Å²) >= 11 is 6.17. The van der Waals surface area contributed by atoms with Gasteiger partial charge in [-0.1, -0.05) is 35.4 Å². The standard InChI is InChI=1S/C23H25ClN4O3/c1-15-3-6-18(7-4-15)28-22(25-26-23(28)30)17-9-11-27(12-10-17)21(29)14-16-5-8-20(31-2)19(24)13-16/h3-8,13,17H,9-12,14H2,1-2H3,(H,26,30). The lowest BCUT2D eigenvalue weighted by Crippen LogP contribution is -2.39.